The maximum atomic E-state index is 8.36. The van der Waals surface area contributed by atoms with Gasteiger partial charge in [0, 0.05) is 6.61 Å². The minimum atomic E-state index is -0.250. The normalized spacial score (nSPS) is 24.3. The Kier molecular flexibility index (Phi) is 5.21. The first-order valence-electron chi connectivity index (χ1n) is 3.00. The van der Waals surface area contributed by atoms with Crippen LogP contribution in [0.25, 0.3) is 0 Å². The Morgan fingerprint density at radius 2 is 2.33 bits per heavy atom. The second kappa shape index (κ2) is 5.56. The van der Waals surface area contributed by atoms with Gasteiger partial charge in [-0.3, -0.25) is 4.79 Å². The van der Waals surface area contributed by atoms with E-state index in [9.17, 15) is 0 Å². The van der Waals surface area contributed by atoms with Crippen LogP contribution >= 0.6 is 0 Å². The first-order valence-corrected chi connectivity index (χ1v) is 3.00. The SMILES string of the molecule is CC1CCCO1.O=CO. The van der Waals surface area contributed by atoms with Crippen molar-refractivity contribution >= 4 is 6.47 Å². The standard InChI is InChI=1S/C5H10O.CH2O2/c1-5-3-2-4-6-5;2-1-3/h5H,2-4H2,1H3;1H,(H,2,3). The summed E-state index contributed by atoms with van der Waals surface area (Å²) < 4.78 is 5.15. The Hall–Kier alpha value is -0.570. The number of rotatable bonds is 0. The summed E-state index contributed by atoms with van der Waals surface area (Å²) in [6, 6.07) is 0. The van der Waals surface area contributed by atoms with Crippen LogP contribution in [0.2, 0.25) is 0 Å². The molecule has 54 valence electrons. The predicted octanol–water partition coefficient (Wildman–Crippen LogP) is 0.886. The zero-order chi connectivity index (χ0) is 7.11. The van der Waals surface area contributed by atoms with E-state index >= 15 is 0 Å². The van der Waals surface area contributed by atoms with Crippen molar-refractivity contribution in [3.05, 3.63) is 0 Å². The Labute approximate surface area is 54.6 Å². The zero-order valence-corrected chi connectivity index (χ0v) is 5.54. The largest absolute Gasteiger partial charge is 0.483 e. The van der Waals surface area contributed by atoms with Crippen molar-refractivity contribution in [2.45, 2.75) is 25.9 Å². The van der Waals surface area contributed by atoms with Crippen LogP contribution in [-0.2, 0) is 9.53 Å². The van der Waals surface area contributed by atoms with Crippen molar-refractivity contribution in [1.29, 1.82) is 0 Å². The molecule has 0 spiro atoms. The van der Waals surface area contributed by atoms with Gasteiger partial charge in [0.1, 0.15) is 0 Å². The van der Waals surface area contributed by atoms with Crippen molar-refractivity contribution in [3.63, 3.8) is 0 Å². The maximum absolute atomic E-state index is 8.36. The minimum Gasteiger partial charge on any atom is -0.483 e. The monoisotopic (exact) mass is 132 g/mol. The Morgan fingerprint density at radius 1 is 1.78 bits per heavy atom. The van der Waals surface area contributed by atoms with E-state index in [1.807, 2.05) is 0 Å². The molecule has 1 fully saturated rings. The molecule has 1 N–H and O–H groups in total. The molecule has 3 nitrogen and oxygen atoms in total. The molecule has 0 aromatic carbocycles. The van der Waals surface area contributed by atoms with Crippen LogP contribution in [0.5, 0.6) is 0 Å². The Bertz CT molecular complexity index is 66.7. The second-order valence-corrected chi connectivity index (χ2v) is 1.93. The van der Waals surface area contributed by atoms with Crippen molar-refractivity contribution in [3.8, 4) is 0 Å². The smallest absolute Gasteiger partial charge is 0.290 e. The topological polar surface area (TPSA) is 46.5 Å². The van der Waals surface area contributed by atoms with Crippen LogP contribution in [0.1, 0.15) is 19.8 Å². The molecule has 1 rings (SSSR count). The number of hydrogen-bond acceptors (Lipinski definition) is 2. The molecule has 1 atom stereocenters. The van der Waals surface area contributed by atoms with Gasteiger partial charge < -0.3 is 9.84 Å². The highest BCUT2D eigenvalue weighted by Crippen LogP contribution is 2.09. The highest BCUT2D eigenvalue weighted by Gasteiger charge is 2.07. The third kappa shape index (κ3) is 5.30. The van der Waals surface area contributed by atoms with E-state index in [4.69, 9.17) is 14.6 Å². The minimum absolute atomic E-state index is 0.250. The van der Waals surface area contributed by atoms with Crippen molar-refractivity contribution in [2.24, 2.45) is 0 Å². The van der Waals surface area contributed by atoms with E-state index in [-0.39, 0.29) is 6.47 Å². The Balaban J connectivity index is 0.000000187. The zero-order valence-electron chi connectivity index (χ0n) is 5.54. The van der Waals surface area contributed by atoms with E-state index < -0.39 is 0 Å². The fourth-order valence-corrected chi connectivity index (χ4v) is 0.739. The molecule has 1 aliphatic rings. The van der Waals surface area contributed by atoms with Gasteiger partial charge in [-0.25, -0.2) is 0 Å². The van der Waals surface area contributed by atoms with Crippen LogP contribution in [0, 0.1) is 0 Å². The van der Waals surface area contributed by atoms with Gasteiger partial charge >= 0.3 is 0 Å². The summed E-state index contributed by atoms with van der Waals surface area (Å²) in [6.07, 6.45) is 3.08. The van der Waals surface area contributed by atoms with Crippen LogP contribution in [0.15, 0.2) is 0 Å². The highest BCUT2D eigenvalue weighted by atomic mass is 16.5. The van der Waals surface area contributed by atoms with Crippen molar-refractivity contribution in [2.75, 3.05) is 6.61 Å². The summed E-state index contributed by atoms with van der Waals surface area (Å²) in [4.78, 5) is 8.36. The summed E-state index contributed by atoms with van der Waals surface area (Å²) in [6.45, 7) is 2.86. The van der Waals surface area contributed by atoms with Gasteiger partial charge in [-0.2, -0.15) is 0 Å². The molecule has 0 aliphatic carbocycles. The van der Waals surface area contributed by atoms with Gasteiger partial charge in [0.25, 0.3) is 6.47 Å². The molecule has 1 heterocycles. The molecule has 3 heteroatoms. The van der Waals surface area contributed by atoms with E-state index in [1.165, 1.54) is 12.8 Å². The lowest BCUT2D eigenvalue weighted by molar-refractivity contribution is -0.122. The van der Waals surface area contributed by atoms with E-state index in [2.05, 4.69) is 6.92 Å². The second-order valence-electron chi connectivity index (χ2n) is 1.93. The van der Waals surface area contributed by atoms with E-state index in [1.54, 1.807) is 0 Å². The van der Waals surface area contributed by atoms with Crippen LogP contribution < -0.4 is 0 Å². The number of hydrogen-bond donors (Lipinski definition) is 1. The third-order valence-electron chi connectivity index (χ3n) is 1.16. The molecule has 1 unspecified atom stereocenters. The molecule has 0 bridgehead atoms. The number of carbonyl (C=O) groups is 1. The van der Waals surface area contributed by atoms with Gasteiger partial charge in [0.2, 0.25) is 0 Å². The number of carboxylic acid groups (broad SMARTS) is 1. The van der Waals surface area contributed by atoms with Gasteiger partial charge in [0.05, 0.1) is 6.10 Å². The molecular weight excluding hydrogens is 120 g/mol. The fourth-order valence-electron chi connectivity index (χ4n) is 0.739. The highest BCUT2D eigenvalue weighted by molar-refractivity contribution is 5.32. The maximum Gasteiger partial charge on any atom is 0.290 e. The molecule has 0 amide bonds. The lowest BCUT2D eigenvalue weighted by Gasteiger charge is -1.94. The first kappa shape index (κ1) is 8.43. The van der Waals surface area contributed by atoms with Crippen LogP contribution in [0.3, 0.4) is 0 Å². The van der Waals surface area contributed by atoms with Crippen LogP contribution in [0.4, 0.5) is 0 Å². The lowest BCUT2D eigenvalue weighted by atomic mass is 10.3. The van der Waals surface area contributed by atoms with Gasteiger partial charge in [0.15, 0.2) is 0 Å². The summed E-state index contributed by atoms with van der Waals surface area (Å²) in [5, 5.41) is 6.89. The molecule has 1 saturated heterocycles. The Morgan fingerprint density at radius 3 is 2.44 bits per heavy atom. The average molecular weight is 132 g/mol. The van der Waals surface area contributed by atoms with Crippen molar-refractivity contribution in [1.82, 2.24) is 0 Å². The van der Waals surface area contributed by atoms with Gasteiger partial charge in [-0.15, -0.1) is 0 Å². The molecule has 1 aliphatic heterocycles. The first-order chi connectivity index (χ1) is 4.31. The van der Waals surface area contributed by atoms with E-state index in [0.29, 0.717) is 6.10 Å². The fraction of sp³-hybridized carbons (Fsp3) is 0.833. The van der Waals surface area contributed by atoms with Gasteiger partial charge in [-0.1, -0.05) is 0 Å². The van der Waals surface area contributed by atoms with Crippen LogP contribution in [-0.4, -0.2) is 24.3 Å². The molecular formula is C6H12O3. The number of ether oxygens (including phenoxy) is 1. The molecule has 0 aromatic heterocycles. The molecule has 0 radical (unpaired) electrons. The molecule has 0 saturated carbocycles. The summed E-state index contributed by atoms with van der Waals surface area (Å²) >= 11 is 0. The summed E-state index contributed by atoms with van der Waals surface area (Å²) in [5.74, 6) is 0. The lowest BCUT2D eigenvalue weighted by Crippen LogP contribution is -1.94. The van der Waals surface area contributed by atoms with Gasteiger partial charge in [-0.05, 0) is 19.8 Å². The summed E-state index contributed by atoms with van der Waals surface area (Å²) in [5.41, 5.74) is 0. The molecule has 9 heavy (non-hydrogen) atoms. The molecule has 0 aromatic rings. The summed E-state index contributed by atoms with van der Waals surface area (Å²) in [7, 11) is 0. The quantitative estimate of drug-likeness (QED) is 0.498. The average Bonchev–Trinajstić information content (AvgIpc) is 2.20. The van der Waals surface area contributed by atoms with Crippen molar-refractivity contribution < 1.29 is 14.6 Å². The predicted molar refractivity (Wildman–Crippen MR) is 33.3 cm³/mol. The van der Waals surface area contributed by atoms with E-state index in [0.717, 1.165) is 6.61 Å². The third-order valence-corrected chi connectivity index (χ3v) is 1.16.